The Hall–Kier alpha value is -1.49. The van der Waals surface area contributed by atoms with Gasteiger partial charge in [-0.15, -0.1) is 6.42 Å². The van der Waals surface area contributed by atoms with Crippen LogP contribution in [0.15, 0.2) is 18.2 Å². The third kappa shape index (κ3) is 10.3. The fourth-order valence-corrected chi connectivity index (χ4v) is 1.92. The van der Waals surface area contributed by atoms with Crippen LogP contribution in [-0.4, -0.2) is 59.4 Å². The molecular weight excluding hydrogens is 332 g/mol. The van der Waals surface area contributed by atoms with E-state index < -0.39 is 0 Å². The van der Waals surface area contributed by atoms with Crippen LogP contribution < -0.4 is 11.1 Å². The molecule has 1 aromatic carbocycles. The van der Waals surface area contributed by atoms with Crippen LogP contribution in [0.5, 0.6) is 0 Å². The van der Waals surface area contributed by atoms with E-state index in [9.17, 15) is 0 Å². The van der Waals surface area contributed by atoms with E-state index in [2.05, 4.69) is 11.2 Å². The maximum atomic E-state index is 5.84. The summed E-state index contributed by atoms with van der Waals surface area (Å²) >= 11 is 5.84. The van der Waals surface area contributed by atoms with Crippen molar-refractivity contribution < 1.29 is 18.9 Å². The molecule has 0 spiro atoms. The van der Waals surface area contributed by atoms with Crippen molar-refractivity contribution in [3.8, 4) is 12.3 Å². The fourth-order valence-electron chi connectivity index (χ4n) is 1.74. The topological polar surface area (TPSA) is 75.0 Å². The van der Waals surface area contributed by atoms with E-state index in [1.807, 2.05) is 6.07 Å². The Morgan fingerprint density at radius 1 is 0.958 bits per heavy atom. The zero-order chi connectivity index (χ0) is 17.5. The Kier molecular flexibility index (Phi) is 11.9. The molecule has 24 heavy (non-hydrogen) atoms. The van der Waals surface area contributed by atoms with Crippen molar-refractivity contribution in [3.05, 3.63) is 23.2 Å². The first-order chi connectivity index (χ1) is 11.7. The predicted octanol–water partition coefficient (Wildman–Crippen LogP) is 2.03. The van der Waals surface area contributed by atoms with Gasteiger partial charge in [0.15, 0.2) is 0 Å². The van der Waals surface area contributed by atoms with Gasteiger partial charge in [-0.3, -0.25) is 0 Å². The molecule has 0 atom stereocenters. The summed E-state index contributed by atoms with van der Waals surface area (Å²) in [6.07, 6.45) is 5.05. The summed E-state index contributed by atoms with van der Waals surface area (Å²) in [6, 6.07) is 5.35. The first kappa shape index (κ1) is 20.6. The van der Waals surface area contributed by atoms with Crippen LogP contribution in [0.4, 0.5) is 11.4 Å². The van der Waals surface area contributed by atoms with E-state index in [1.165, 1.54) is 0 Å². The van der Waals surface area contributed by atoms with Crippen molar-refractivity contribution >= 4 is 23.0 Å². The van der Waals surface area contributed by atoms with E-state index in [4.69, 9.17) is 42.7 Å². The average molecular weight is 357 g/mol. The number of terminal acetylenes is 1. The molecule has 0 aromatic heterocycles. The second-order valence-corrected chi connectivity index (χ2v) is 5.19. The normalized spacial score (nSPS) is 10.5. The van der Waals surface area contributed by atoms with Gasteiger partial charge >= 0.3 is 0 Å². The first-order valence-corrected chi connectivity index (χ1v) is 8.15. The first-order valence-electron chi connectivity index (χ1n) is 7.77. The van der Waals surface area contributed by atoms with Gasteiger partial charge < -0.3 is 30.0 Å². The molecule has 0 heterocycles. The van der Waals surface area contributed by atoms with Crippen LogP contribution in [0.1, 0.15) is 0 Å². The number of anilines is 2. The molecule has 0 unspecified atom stereocenters. The molecule has 0 fully saturated rings. The van der Waals surface area contributed by atoms with E-state index in [0.717, 1.165) is 5.69 Å². The minimum atomic E-state index is 0.316. The minimum Gasteiger partial charge on any atom is -0.397 e. The van der Waals surface area contributed by atoms with Gasteiger partial charge in [-0.05, 0) is 18.2 Å². The van der Waals surface area contributed by atoms with Gasteiger partial charge in [0.25, 0.3) is 0 Å². The number of nitrogens with two attached hydrogens (primary N) is 1. The van der Waals surface area contributed by atoms with Crippen molar-refractivity contribution in [1.29, 1.82) is 0 Å². The van der Waals surface area contributed by atoms with Gasteiger partial charge in [-0.2, -0.15) is 0 Å². The highest BCUT2D eigenvalue weighted by Gasteiger charge is 1.99. The fraction of sp³-hybridized carbons (Fsp3) is 0.529. The summed E-state index contributed by atoms with van der Waals surface area (Å²) in [5.74, 6) is 2.39. The summed E-state index contributed by atoms with van der Waals surface area (Å²) in [4.78, 5) is 0. The molecule has 3 N–H and O–H groups in total. The Balaban J connectivity index is 1.85. The van der Waals surface area contributed by atoms with Crippen LogP contribution in [0.3, 0.4) is 0 Å². The quantitative estimate of drug-likeness (QED) is 0.302. The number of hydrogen-bond donors (Lipinski definition) is 2. The molecule has 6 nitrogen and oxygen atoms in total. The number of nitrogen functional groups attached to an aromatic ring is 1. The highest BCUT2D eigenvalue weighted by molar-refractivity contribution is 6.31. The van der Waals surface area contributed by atoms with Crippen molar-refractivity contribution in [2.75, 3.05) is 70.5 Å². The Morgan fingerprint density at radius 3 is 2.12 bits per heavy atom. The van der Waals surface area contributed by atoms with Crippen LogP contribution in [0.2, 0.25) is 5.02 Å². The van der Waals surface area contributed by atoms with Gasteiger partial charge in [0, 0.05) is 11.6 Å². The number of rotatable bonds is 14. The van der Waals surface area contributed by atoms with E-state index in [1.54, 1.807) is 12.1 Å². The summed E-state index contributed by atoms with van der Waals surface area (Å²) in [5, 5.41) is 3.81. The third-order valence-electron chi connectivity index (χ3n) is 2.88. The van der Waals surface area contributed by atoms with Crippen LogP contribution in [0.25, 0.3) is 0 Å². The van der Waals surface area contributed by atoms with Crippen molar-refractivity contribution in [1.82, 2.24) is 0 Å². The molecule has 1 rings (SSSR count). The molecule has 0 amide bonds. The smallest absolute Gasteiger partial charge is 0.107 e. The number of benzene rings is 1. The number of nitrogens with one attached hydrogen (secondary N) is 1. The Labute approximate surface area is 148 Å². The average Bonchev–Trinajstić information content (AvgIpc) is 2.57. The molecule has 0 aliphatic carbocycles. The van der Waals surface area contributed by atoms with E-state index >= 15 is 0 Å². The molecule has 0 saturated carbocycles. The number of ether oxygens (including phenoxy) is 4. The Bertz CT molecular complexity index is 494. The molecule has 0 aliphatic rings. The van der Waals surface area contributed by atoms with Gasteiger partial charge in [0.05, 0.1) is 57.6 Å². The van der Waals surface area contributed by atoms with Gasteiger partial charge in [-0.1, -0.05) is 17.5 Å². The van der Waals surface area contributed by atoms with Crippen molar-refractivity contribution in [2.45, 2.75) is 0 Å². The van der Waals surface area contributed by atoms with E-state index in [-0.39, 0.29) is 0 Å². The molecule has 0 radical (unpaired) electrons. The largest absolute Gasteiger partial charge is 0.397 e. The monoisotopic (exact) mass is 356 g/mol. The summed E-state index contributed by atoms with van der Waals surface area (Å²) < 4.78 is 21.2. The van der Waals surface area contributed by atoms with Gasteiger partial charge in [0.2, 0.25) is 0 Å². The second kappa shape index (κ2) is 13.9. The maximum Gasteiger partial charge on any atom is 0.107 e. The highest BCUT2D eigenvalue weighted by Crippen LogP contribution is 2.22. The minimum absolute atomic E-state index is 0.316. The molecule has 134 valence electrons. The van der Waals surface area contributed by atoms with Gasteiger partial charge in [-0.25, -0.2) is 0 Å². The molecule has 0 bridgehead atoms. The summed E-state index contributed by atoms with van der Waals surface area (Å²) in [5.41, 5.74) is 7.31. The standard InChI is InChI=1S/C17H25ClN2O4/c1-2-6-21-8-10-23-12-13-24-11-9-22-7-5-20-17-4-3-15(18)14-16(17)19/h1,3-4,14,20H,5-13,19H2. The lowest BCUT2D eigenvalue weighted by molar-refractivity contribution is 0.00248. The van der Waals surface area contributed by atoms with Gasteiger partial charge in [0.1, 0.15) is 6.61 Å². The van der Waals surface area contributed by atoms with Crippen molar-refractivity contribution in [2.24, 2.45) is 0 Å². The maximum absolute atomic E-state index is 5.84. The number of halogens is 1. The van der Waals surface area contributed by atoms with Crippen LogP contribution in [0, 0.1) is 12.3 Å². The Morgan fingerprint density at radius 2 is 1.54 bits per heavy atom. The van der Waals surface area contributed by atoms with Crippen LogP contribution >= 0.6 is 11.6 Å². The molecular formula is C17H25ClN2O4. The molecule has 7 heteroatoms. The third-order valence-corrected chi connectivity index (χ3v) is 3.11. The molecule has 0 aliphatic heterocycles. The zero-order valence-corrected chi connectivity index (χ0v) is 14.5. The summed E-state index contributed by atoms with van der Waals surface area (Å²) in [6.45, 7) is 4.66. The lowest BCUT2D eigenvalue weighted by Crippen LogP contribution is -2.15. The predicted molar refractivity (Wildman–Crippen MR) is 96.5 cm³/mol. The lowest BCUT2D eigenvalue weighted by Gasteiger charge is -2.10. The van der Waals surface area contributed by atoms with E-state index in [0.29, 0.717) is 70.1 Å². The summed E-state index contributed by atoms with van der Waals surface area (Å²) in [7, 11) is 0. The number of hydrogen-bond acceptors (Lipinski definition) is 6. The van der Waals surface area contributed by atoms with Crippen molar-refractivity contribution in [3.63, 3.8) is 0 Å². The second-order valence-electron chi connectivity index (χ2n) is 4.75. The SMILES string of the molecule is C#CCOCCOCCOCCOCCNc1ccc(Cl)cc1N. The van der Waals surface area contributed by atoms with Crippen LogP contribution in [-0.2, 0) is 18.9 Å². The zero-order valence-electron chi connectivity index (χ0n) is 13.8. The molecule has 1 aromatic rings. The highest BCUT2D eigenvalue weighted by atomic mass is 35.5. The molecule has 0 saturated heterocycles. The lowest BCUT2D eigenvalue weighted by atomic mass is 10.2.